The van der Waals surface area contributed by atoms with Crippen molar-refractivity contribution in [2.45, 2.75) is 25.9 Å². The summed E-state index contributed by atoms with van der Waals surface area (Å²) in [6, 6.07) is 6.67. The molecule has 0 unspecified atom stereocenters. The molecule has 1 N–H and O–H groups in total. The van der Waals surface area contributed by atoms with Crippen LogP contribution in [0.15, 0.2) is 24.3 Å². The van der Waals surface area contributed by atoms with Gasteiger partial charge in [0, 0.05) is 31.8 Å². The first-order valence-corrected chi connectivity index (χ1v) is 6.59. The van der Waals surface area contributed by atoms with Crippen LogP contribution in [0.5, 0.6) is 0 Å². The molecule has 0 bridgehead atoms. The van der Waals surface area contributed by atoms with Crippen molar-refractivity contribution in [2.24, 2.45) is 5.92 Å². The van der Waals surface area contributed by atoms with Gasteiger partial charge in [-0.05, 0) is 17.9 Å². The first-order chi connectivity index (χ1) is 8.90. The zero-order valence-electron chi connectivity index (χ0n) is 11.4. The van der Waals surface area contributed by atoms with Gasteiger partial charge in [0.1, 0.15) is 0 Å². The van der Waals surface area contributed by atoms with Crippen LogP contribution in [0.4, 0.5) is 5.69 Å². The molecule has 2 rings (SSSR count). The molecule has 0 aliphatic carbocycles. The molecule has 0 amide bonds. The van der Waals surface area contributed by atoms with Gasteiger partial charge in [0.25, 0.3) is 5.69 Å². The molecule has 0 spiro atoms. The monoisotopic (exact) mass is 264 g/mol. The molecule has 5 heteroatoms. The van der Waals surface area contributed by atoms with E-state index in [2.05, 4.69) is 4.90 Å². The number of β-amino-alcohol motifs (C(OH)–C–C–N with tert-alkyl or cyclic N) is 1. The van der Waals surface area contributed by atoms with E-state index in [0.29, 0.717) is 0 Å². The van der Waals surface area contributed by atoms with Gasteiger partial charge in [-0.25, -0.2) is 0 Å². The van der Waals surface area contributed by atoms with Gasteiger partial charge in [-0.1, -0.05) is 26.0 Å². The van der Waals surface area contributed by atoms with Crippen molar-refractivity contribution < 1.29 is 10.0 Å². The lowest BCUT2D eigenvalue weighted by molar-refractivity contribution is -0.384. The third-order valence-electron chi connectivity index (χ3n) is 3.93. The summed E-state index contributed by atoms with van der Waals surface area (Å²) in [5, 5.41) is 20.7. The maximum atomic E-state index is 10.5. The Balaban J connectivity index is 1.80. The van der Waals surface area contributed by atoms with Gasteiger partial charge in [-0.15, -0.1) is 0 Å². The Bertz CT molecular complexity index is 450. The van der Waals surface area contributed by atoms with Crippen LogP contribution in [0.25, 0.3) is 0 Å². The van der Waals surface area contributed by atoms with Gasteiger partial charge in [0.05, 0.1) is 10.5 Å². The minimum atomic E-state index is -0.532. The summed E-state index contributed by atoms with van der Waals surface area (Å²) < 4.78 is 0. The number of aliphatic hydroxyl groups is 1. The average molecular weight is 264 g/mol. The van der Waals surface area contributed by atoms with Crippen LogP contribution in [-0.2, 0) is 6.42 Å². The maximum absolute atomic E-state index is 10.5. The highest BCUT2D eigenvalue weighted by atomic mass is 16.6. The molecular weight excluding hydrogens is 244 g/mol. The van der Waals surface area contributed by atoms with E-state index in [0.717, 1.165) is 31.6 Å². The number of nitro benzene ring substituents is 1. The van der Waals surface area contributed by atoms with E-state index < -0.39 is 5.60 Å². The van der Waals surface area contributed by atoms with E-state index >= 15 is 0 Å². The van der Waals surface area contributed by atoms with Crippen molar-refractivity contribution in [3.05, 3.63) is 39.9 Å². The zero-order chi connectivity index (χ0) is 14.0. The van der Waals surface area contributed by atoms with Crippen LogP contribution in [-0.4, -0.2) is 40.2 Å². The van der Waals surface area contributed by atoms with Gasteiger partial charge >= 0.3 is 0 Å². The molecule has 1 aromatic rings. The third-order valence-corrected chi connectivity index (χ3v) is 3.93. The van der Waals surface area contributed by atoms with E-state index in [1.807, 2.05) is 13.8 Å². The lowest BCUT2D eigenvalue weighted by Gasteiger charge is -2.49. The van der Waals surface area contributed by atoms with E-state index in [9.17, 15) is 15.2 Å². The normalized spacial score (nSPS) is 18.3. The van der Waals surface area contributed by atoms with E-state index in [-0.39, 0.29) is 16.5 Å². The Labute approximate surface area is 113 Å². The van der Waals surface area contributed by atoms with Crippen LogP contribution in [0, 0.1) is 16.0 Å². The molecule has 5 nitrogen and oxygen atoms in total. The highest BCUT2D eigenvalue weighted by molar-refractivity contribution is 5.33. The Kier molecular flexibility index (Phi) is 3.87. The van der Waals surface area contributed by atoms with Crippen molar-refractivity contribution >= 4 is 5.69 Å². The predicted molar refractivity (Wildman–Crippen MR) is 73.0 cm³/mol. The number of nitrogens with zero attached hydrogens (tertiary/aromatic N) is 2. The van der Waals surface area contributed by atoms with Crippen molar-refractivity contribution in [2.75, 3.05) is 19.6 Å². The largest absolute Gasteiger partial charge is 0.387 e. The second-order valence-corrected chi connectivity index (χ2v) is 5.64. The molecule has 1 saturated heterocycles. The second kappa shape index (κ2) is 5.27. The van der Waals surface area contributed by atoms with Crippen LogP contribution >= 0.6 is 0 Å². The highest BCUT2D eigenvalue weighted by Crippen LogP contribution is 2.28. The smallest absolute Gasteiger partial charge is 0.269 e. The Hall–Kier alpha value is -1.46. The topological polar surface area (TPSA) is 66.6 Å². The van der Waals surface area contributed by atoms with Gasteiger partial charge in [0.15, 0.2) is 0 Å². The van der Waals surface area contributed by atoms with E-state index in [4.69, 9.17) is 0 Å². The Morgan fingerprint density at radius 2 is 1.95 bits per heavy atom. The first-order valence-electron chi connectivity index (χ1n) is 6.59. The second-order valence-electron chi connectivity index (χ2n) is 5.64. The van der Waals surface area contributed by atoms with Crippen LogP contribution in [0.2, 0.25) is 0 Å². The summed E-state index contributed by atoms with van der Waals surface area (Å²) in [7, 11) is 0. The number of non-ortho nitro benzene ring substituents is 1. The van der Waals surface area contributed by atoms with Crippen LogP contribution in [0.1, 0.15) is 19.4 Å². The number of nitro groups is 1. The molecule has 0 saturated carbocycles. The summed E-state index contributed by atoms with van der Waals surface area (Å²) in [5.74, 6) is 0.281. The molecule has 1 aliphatic heterocycles. The fourth-order valence-corrected chi connectivity index (χ4v) is 2.32. The molecular formula is C14H20N2O3. The maximum Gasteiger partial charge on any atom is 0.269 e. The predicted octanol–water partition coefficient (Wildman–Crippen LogP) is 1.84. The zero-order valence-corrected chi connectivity index (χ0v) is 11.4. The van der Waals surface area contributed by atoms with Crippen LogP contribution < -0.4 is 0 Å². The van der Waals surface area contributed by atoms with Gasteiger partial charge in [-0.2, -0.15) is 0 Å². The Morgan fingerprint density at radius 3 is 2.42 bits per heavy atom. The number of hydrogen-bond acceptors (Lipinski definition) is 4. The standard InChI is InChI=1S/C14H20N2O3/c1-11(2)14(17)9-15(10-14)8-7-12-3-5-13(6-4-12)16(18)19/h3-6,11,17H,7-10H2,1-2H3. The number of rotatable bonds is 5. The molecule has 1 aromatic carbocycles. The van der Waals surface area contributed by atoms with Crippen molar-refractivity contribution in [3.63, 3.8) is 0 Å². The van der Waals surface area contributed by atoms with Crippen molar-refractivity contribution in [1.29, 1.82) is 0 Å². The van der Waals surface area contributed by atoms with Gasteiger partial charge < -0.3 is 5.11 Å². The molecule has 0 radical (unpaired) electrons. The molecule has 0 atom stereocenters. The van der Waals surface area contributed by atoms with Gasteiger partial charge in [-0.3, -0.25) is 15.0 Å². The lowest BCUT2D eigenvalue weighted by atomic mass is 9.83. The summed E-state index contributed by atoms with van der Waals surface area (Å²) in [6.45, 7) is 6.39. The molecule has 1 fully saturated rings. The SMILES string of the molecule is CC(C)C1(O)CN(CCc2ccc([N+](=O)[O-])cc2)C1. The molecule has 104 valence electrons. The fourth-order valence-electron chi connectivity index (χ4n) is 2.32. The Morgan fingerprint density at radius 1 is 1.37 bits per heavy atom. The summed E-state index contributed by atoms with van der Waals surface area (Å²) in [6.07, 6.45) is 0.853. The number of hydrogen-bond donors (Lipinski definition) is 1. The first kappa shape index (κ1) is 14.0. The molecule has 19 heavy (non-hydrogen) atoms. The number of likely N-dealkylation sites (tertiary alicyclic amines) is 1. The fraction of sp³-hybridized carbons (Fsp3) is 0.571. The van der Waals surface area contributed by atoms with E-state index in [1.165, 1.54) is 12.1 Å². The van der Waals surface area contributed by atoms with Gasteiger partial charge in [0.2, 0.25) is 0 Å². The highest BCUT2D eigenvalue weighted by Gasteiger charge is 2.42. The minimum absolute atomic E-state index is 0.127. The summed E-state index contributed by atoms with van der Waals surface area (Å²) in [4.78, 5) is 12.4. The molecule has 0 aromatic heterocycles. The summed E-state index contributed by atoms with van der Waals surface area (Å²) >= 11 is 0. The lowest BCUT2D eigenvalue weighted by Crippen LogP contribution is -2.64. The minimum Gasteiger partial charge on any atom is -0.387 e. The van der Waals surface area contributed by atoms with Crippen molar-refractivity contribution in [3.8, 4) is 0 Å². The quantitative estimate of drug-likeness (QED) is 0.651. The average Bonchev–Trinajstić information content (AvgIpc) is 2.33. The van der Waals surface area contributed by atoms with Crippen molar-refractivity contribution in [1.82, 2.24) is 4.90 Å². The summed E-state index contributed by atoms with van der Waals surface area (Å²) in [5.41, 5.74) is 0.683. The third kappa shape index (κ3) is 3.11. The van der Waals surface area contributed by atoms with Crippen LogP contribution in [0.3, 0.4) is 0 Å². The molecule has 1 heterocycles. The number of benzene rings is 1. The molecule has 1 aliphatic rings. The van der Waals surface area contributed by atoms with E-state index in [1.54, 1.807) is 12.1 Å².